The zero-order chi connectivity index (χ0) is 10.2. The number of rotatable bonds is 2. The van der Waals surface area contributed by atoms with Gasteiger partial charge >= 0.3 is 29.6 Å². The van der Waals surface area contributed by atoms with Gasteiger partial charge in [-0.3, -0.25) is 4.55 Å². The minimum absolute atomic E-state index is 0. The van der Waals surface area contributed by atoms with E-state index in [1.165, 1.54) is 0 Å². The molecule has 0 bridgehead atoms. The van der Waals surface area contributed by atoms with E-state index in [2.05, 4.69) is 10.6 Å². The van der Waals surface area contributed by atoms with Crippen LogP contribution in [0.4, 0.5) is 0 Å². The van der Waals surface area contributed by atoms with Gasteiger partial charge in [-0.2, -0.15) is 8.42 Å². The fourth-order valence-electron chi connectivity index (χ4n) is 0.862. The molecule has 0 aromatic rings. The van der Waals surface area contributed by atoms with E-state index in [1.807, 2.05) is 0 Å². The van der Waals surface area contributed by atoms with Crippen LogP contribution in [0.3, 0.4) is 0 Å². The molecule has 0 aromatic carbocycles. The standard InChI is InChI=1S/C4H10N2.C3H8O3S.Na.H2O/c1-2-6-4-3-5-1;1-2-3-7(4,5)6;;/h5-6H,1-4H2;2-3H2,1H3,(H,4,5,6);;1H2/q;;+1;/p-1. The van der Waals surface area contributed by atoms with Gasteiger partial charge in [0.1, 0.15) is 0 Å². The second-order valence-corrected chi connectivity index (χ2v) is 4.36. The molecule has 6 nitrogen and oxygen atoms in total. The normalized spacial score (nSPS) is 15.1. The van der Waals surface area contributed by atoms with E-state index >= 15 is 0 Å². The van der Waals surface area contributed by atoms with Gasteiger partial charge in [0.2, 0.25) is 0 Å². The third kappa shape index (κ3) is 20.8. The molecule has 1 fully saturated rings. The molecule has 0 amide bonds. The monoisotopic (exact) mass is 250 g/mol. The summed E-state index contributed by atoms with van der Waals surface area (Å²) in [4.78, 5) is 0. The van der Waals surface area contributed by atoms with Crippen LogP contribution in [0, 0.1) is 0 Å². The SMILES string of the molecule is C1CNCCN1.CCCS(=O)(=O)O.[Na+].[OH-]. The van der Waals surface area contributed by atoms with Crippen LogP contribution in [-0.4, -0.2) is 50.4 Å². The van der Waals surface area contributed by atoms with Crippen LogP contribution in [0.25, 0.3) is 0 Å². The number of piperazine rings is 1. The topological polar surface area (TPSA) is 108 Å². The molecule has 1 saturated heterocycles. The van der Waals surface area contributed by atoms with Crippen molar-refractivity contribution in [1.82, 2.24) is 10.6 Å². The molecule has 8 heteroatoms. The Bertz CT molecular complexity index is 196. The zero-order valence-corrected chi connectivity index (χ0v) is 12.2. The van der Waals surface area contributed by atoms with Crippen molar-refractivity contribution in [1.29, 1.82) is 0 Å². The maximum atomic E-state index is 9.79. The summed E-state index contributed by atoms with van der Waals surface area (Å²) in [6.45, 7) is 6.24. The van der Waals surface area contributed by atoms with E-state index in [9.17, 15) is 8.42 Å². The molecule has 0 unspecified atom stereocenters. The van der Waals surface area contributed by atoms with Gasteiger partial charge in [-0.25, -0.2) is 0 Å². The molecule has 1 aliphatic heterocycles. The van der Waals surface area contributed by atoms with Crippen LogP contribution in [-0.2, 0) is 10.1 Å². The van der Waals surface area contributed by atoms with E-state index in [4.69, 9.17) is 4.55 Å². The van der Waals surface area contributed by atoms with Crippen LogP contribution in [0.2, 0.25) is 0 Å². The molecule has 1 rings (SSSR count). The van der Waals surface area contributed by atoms with Crippen molar-refractivity contribution in [3.63, 3.8) is 0 Å². The first kappa shape index (κ1) is 21.1. The van der Waals surface area contributed by atoms with Crippen molar-refractivity contribution < 1.29 is 48.0 Å². The molecule has 1 aliphatic rings. The average molecular weight is 250 g/mol. The van der Waals surface area contributed by atoms with Gasteiger partial charge < -0.3 is 16.1 Å². The Kier molecular flexibility index (Phi) is 18.1. The summed E-state index contributed by atoms with van der Waals surface area (Å²) < 4.78 is 27.6. The van der Waals surface area contributed by atoms with Gasteiger partial charge in [0.25, 0.3) is 10.1 Å². The average Bonchev–Trinajstić information content (AvgIpc) is 2.06. The van der Waals surface area contributed by atoms with Gasteiger partial charge in [-0.1, -0.05) is 6.92 Å². The maximum absolute atomic E-state index is 9.79. The predicted molar refractivity (Wildman–Crippen MR) is 54.4 cm³/mol. The molecule has 0 aromatic heterocycles. The van der Waals surface area contributed by atoms with Crippen molar-refractivity contribution in [2.75, 3.05) is 31.9 Å². The third-order valence-electron chi connectivity index (χ3n) is 1.42. The van der Waals surface area contributed by atoms with Crippen molar-refractivity contribution >= 4 is 10.1 Å². The summed E-state index contributed by atoms with van der Waals surface area (Å²) >= 11 is 0. The molecular weight excluding hydrogens is 231 g/mol. The molecule has 0 aliphatic carbocycles. The summed E-state index contributed by atoms with van der Waals surface area (Å²) in [5.74, 6) is -0.132. The van der Waals surface area contributed by atoms with E-state index < -0.39 is 10.1 Å². The van der Waals surface area contributed by atoms with Gasteiger partial charge in [0, 0.05) is 26.2 Å². The Balaban J connectivity index is -0.000000170. The molecule has 15 heavy (non-hydrogen) atoms. The Labute approximate surface area is 114 Å². The van der Waals surface area contributed by atoms with Crippen molar-refractivity contribution in [3.8, 4) is 0 Å². The second kappa shape index (κ2) is 12.9. The third-order valence-corrected chi connectivity index (χ3v) is 2.34. The summed E-state index contributed by atoms with van der Waals surface area (Å²) in [5.41, 5.74) is 0. The van der Waals surface area contributed by atoms with Crippen molar-refractivity contribution in [2.45, 2.75) is 13.3 Å². The summed E-state index contributed by atoms with van der Waals surface area (Å²) in [5, 5.41) is 6.44. The van der Waals surface area contributed by atoms with Crippen molar-refractivity contribution in [2.24, 2.45) is 0 Å². The smallest absolute Gasteiger partial charge is 0.870 e. The molecule has 0 spiro atoms. The molecular formula is C7H19N2NaO4S. The molecule has 1 heterocycles. The quantitative estimate of drug-likeness (QED) is 0.344. The fourth-order valence-corrected chi connectivity index (χ4v) is 1.38. The molecule has 88 valence electrons. The second-order valence-electron chi connectivity index (χ2n) is 2.79. The molecule has 0 saturated carbocycles. The first-order valence-corrected chi connectivity index (χ1v) is 6.04. The summed E-state index contributed by atoms with van der Waals surface area (Å²) in [7, 11) is -3.67. The summed E-state index contributed by atoms with van der Waals surface area (Å²) in [6.07, 6.45) is 0.471. The molecule has 4 N–H and O–H groups in total. The maximum Gasteiger partial charge on any atom is 1.00 e. The van der Waals surface area contributed by atoms with Gasteiger partial charge in [0.15, 0.2) is 0 Å². The number of hydrogen-bond acceptors (Lipinski definition) is 5. The number of hydrogen-bond donors (Lipinski definition) is 3. The van der Waals surface area contributed by atoms with Crippen LogP contribution < -0.4 is 40.2 Å². The Morgan fingerprint density at radius 2 is 1.47 bits per heavy atom. The first-order valence-electron chi connectivity index (χ1n) is 4.43. The van der Waals surface area contributed by atoms with Crippen LogP contribution in [0.15, 0.2) is 0 Å². The van der Waals surface area contributed by atoms with Crippen molar-refractivity contribution in [3.05, 3.63) is 0 Å². The van der Waals surface area contributed by atoms with Crippen LogP contribution in [0.1, 0.15) is 13.3 Å². The predicted octanol–water partition coefficient (Wildman–Crippen LogP) is -3.71. The minimum atomic E-state index is -3.67. The Hall–Kier alpha value is 0.790. The van der Waals surface area contributed by atoms with Gasteiger partial charge in [-0.05, 0) is 6.42 Å². The van der Waals surface area contributed by atoms with E-state index in [-0.39, 0.29) is 40.8 Å². The van der Waals surface area contributed by atoms with Crippen LogP contribution >= 0.6 is 0 Å². The van der Waals surface area contributed by atoms with Crippen LogP contribution in [0.5, 0.6) is 0 Å². The number of nitrogens with one attached hydrogen (secondary N) is 2. The van der Waals surface area contributed by atoms with E-state index in [0.29, 0.717) is 6.42 Å². The Morgan fingerprint density at radius 3 is 1.53 bits per heavy atom. The van der Waals surface area contributed by atoms with Gasteiger partial charge in [-0.15, -0.1) is 0 Å². The Morgan fingerprint density at radius 1 is 1.13 bits per heavy atom. The zero-order valence-electron chi connectivity index (χ0n) is 9.36. The summed E-state index contributed by atoms with van der Waals surface area (Å²) in [6, 6.07) is 0. The fraction of sp³-hybridized carbons (Fsp3) is 1.00. The van der Waals surface area contributed by atoms with E-state index in [1.54, 1.807) is 6.92 Å². The minimum Gasteiger partial charge on any atom is -0.870 e. The molecule has 0 atom stereocenters. The largest absolute Gasteiger partial charge is 1.00 e. The van der Waals surface area contributed by atoms with E-state index in [0.717, 1.165) is 26.2 Å². The van der Waals surface area contributed by atoms with Gasteiger partial charge in [0.05, 0.1) is 5.75 Å². The molecule has 0 radical (unpaired) electrons. The first-order chi connectivity index (χ1) is 6.06.